The van der Waals surface area contributed by atoms with Crippen molar-refractivity contribution in [3.8, 4) is 0 Å². The maximum absolute atomic E-state index is 9.00. The zero-order chi connectivity index (χ0) is 10.8. The van der Waals surface area contributed by atoms with Gasteiger partial charge in [-0.3, -0.25) is 0 Å². The lowest BCUT2D eigenvalue weighted by atomic mass is 9.93. The Morgan fingerprint density at radius 1 is 1.53 bits per heavy atom. The molecule has 0 bridgehead atoms. The van der Waals surface area contributed by atoms with Crippen LogP contribution in [0.3, 0.4) is 0 Å². The topological polar surface area (TPSA) is 44.6 Å². The second-order valence-electron chi connectivity index (χ2n) is 4.05. The van der Waals surface area contributed by atoms with E-state index in [1.165, 1.54) is 5.56 Å². The fraction of sp³-hybridized carbons (Fsp3) is 0.417. The molecule has 0 radical (unpaired) electrons. The third-order valence-corrected chi connectivity index (χ3v) is 2.90. The van der Waals surface area contributed by atoms with Crippen LogP contribution in [0.15, 0.2) is 23.4 Å². The first-order chi connectivity index (χ1) is 7.24. The predicted octanol–water partition coefficient (Wildman–Crippen LogP) is 2.77. The molecular weight excluding hydrogens is 188 g/mol. The number of benzene rings is 1. The van der Waals surface area contributed by atoms with Crippen molar-refractivity contribution in [3.05, 3.63) is 29.3 Å². The lowest BCUT2D eigenvalue weighted by Crippen LogP contribution is -2.29. The van der Waals surface area contributed by atoms with Crippen molar-refractivity contribution in [2.24, 2.45) is 5.16 Å². The van der Waals surface area contributed by atoms with Gasteiger partial charge in [-0.25, -0.2) is 0 Å². The molecule has 3 nitrogen and oxygen atoms in total. The number of nitrogens with zero attached hydrogens (tertiary/aromatic N) is 1. The van der Waals surface area contributed by atoms with E-state index in [-0.39, 0.29) is 0 Å². The minimum Gasteiger partial charge on any atom is -0.411 e. The Kier molecular flexibility index (Phi) is 2.62. The third kappa shape index (κ3) is 1.82. The normalized spacial score (nSPS) is 22.3. The zero-order valence-corrected chi connectivity index (χ0v) is 9.12. The summed E-state index contributed by atoms with van der Waals surface area (Å²) in [5, 5.41) is 15.9. The van der Waals surface area contributed by atoms with E-state index in [0.29, 0.717) is 6.04 Å². The molecule has 15 heavy (non-hydrogen) atoms. The minimum atomic E-state index is 0.381. The molecule has 2 rings (SSSR count). The monoisotopic (exact) mass is 204 g/mol. The summed E-state index contributed by atoms with van der Waals surface area (Å²) in [7, 11) is 0. The summed E-state index contributed by atoms with van der Waals surface area (Å²) < 4.78 is 0. The third-order valence-electron chi connectivity index (χ3n) is 2.90. The standard InChI is InChI=1S/C12H16N2O/c1-3-9-7-12(14-15)10-6-8(2)4-5-11(10)13-9/h4-6,9,13,15H,3,7H2,1-2H3/b14-12-/t9-/m1/s1. The average Bonchev–Trinajstić information content (AvgIpc) is 2.27. The lowest BCUT2D eigenvalue weighted by Gasteiger charge is -2.26. The molecule has 0 spiro atoms. The van der Waals surface area contributed by atoms with Crippen molar-refractivity contribution in [1.29, 1.82) is 0 Å². The first-order valence-electron chi connectivity index (χ1n) is 5.33. The molecule has 3 heteroatoms. The van der Waals surface area contributed by atoms with E-state index in [2.05, 4.69) is 35.6 Å². The first kappa shape index (κ1) is 10.0. The second-order valence-corrected chi connectivity index (χ2v) is 4.05. The molecule has 0 saturated heterocycles. The number of anilines is 1. The summed E-state index contributed by atoms with van der Waals surface area (Å²) in [6, 6.07) is 6.56. The van der Waals surface area contributed by atoms with Gasteiger partial charge in [-0.2, -0.15) is 0 Å². The van der Waals surface area contributed by atoms with Gasteiger partial charge in [0.05, 0.1) is 5.71 Å². The van der Waals surface area contributed by atoms with E-state index in [0.717, 1.165) is 29.8 Å². The number of hydrogen-bond donors (Lipinski definition) is 2. The average molecular weight is 204 g/mol. The van der Waals surface area contributed by atoms with Crippen molar-refractivity contribution in [1.82, 2.24) is 0 Å². The van der Waals surface area contributed by atoms with Gasteiger partial charge in [0.15, 0.2) is 0 Å². The maximum atomic E-state index is 9.00. The number of oxime groups is 1. The lowest BCUT2D eigenvalue weighted by molar-refractivity contribution is 0.317. The van der Waals surface area contributed by atoms with Gasteiger partial charge in [0.2, 0.25) is 0 Å². The minimum absolute atomic E-state index is 0.381. The van der Waals surface area contributed by atoms with Crippen LogP contribution in [0.2, 0.25) is 0 Å². The molecule has 2 N–H and O–H groups in total. The molecule has 0 unspecified atom stereocenters. The highest BCUT2D eigenvalue weighted by atomic mass is 16.4. The van der Waals surface area contributed by atoms with Crippen molar-refractivity contribution in [3.63, 3.8) is 0 Å². The van der Waals surface area contributed by atoms with E-state index in [1.54, 1.807) is 0 Å². The van der Waals surface area contributed by atoms with E-state index in [1.807, 2.05) is 6.92 Å². The van der Waals surface area contributed by atoms with Crippen LogP contribution in [-0.4, -0.2) is 17.0 Å². The highest BCUT2D eigenvalue weighted by Gasteiger charge is 2.21. The first-order valence-corrected chi connectivity index (χ1v) is 5.33. The number of hydrogen-bond acceptors (Lipinski definition) is 3. The number of aryl methyl sites for hydroxylation is 1. The molecule has 1 aromatic carbocycles. The Morgan fingerprint density at radius 3 is 3.00 bits per heavy atom. The highest BCUT2D eigenvalue weighted by Crippen LogP contribution is 2.27. The highest BCUT2D eigenvalue weighted by molar-refractivity contribution is 6.06. The van der Waals surface area contributed by atoms with Gasteiger partial charge in [-0.1, -0.05) is 23.7 Å². The van der Waals surface area contributed by atoms with Crippen LogP contribution in [-0.2, 0) is 0 Å². The summed E-state index contributed by atoms with van der Waals surface area (Å²) in [5.74, 6) is 0. The Labute approximate surface area is 89.8 Å². The molecule has 0 aromatic heterocycles. The molecular formula is C12H16N2O. The number of fused-ring (bicyclic) bond motifs is 1. The molecule has 1 aliphatic rings. The van der Waals surface area contributed by atoms with Crippen molar-refractivity contribution < 1.29 is 5.21 Å². The molecule has 1 aromatic rings. The quantitative estimate of drug-likeness (QED) is 0.545. The van der Waals surface area contributed by atoms with Crippen LogP contribution in [0, 0.1) is 6.92 Å². The van der Waals surface area contributed by atoms with Crippen LogP contribution in [0.1, 0.15) is 30.9 Å². The van der Waals surface area contributed by atoms with Gasteiger partial charge in [-0.15, -0.1) is 0 Å². The Bertz CT molecular complexity index is 399. The summed E-state index contributed by atoms with van der Waals surface area (Å²) in [4.78, 5) is 0. The fourth-order valence-corrected chi connectivity index (χ4v) is 1.98. The maximum Gasteiger partial charge on any atom is 0.0908 e. The SMILES string of the molecule is CC[C@@H]1C/C(=N/O)c2cc(C)ccc2N1. The molecule has 0 fully saturated rings. The fourth-order valence-electron chi connectivity index (χ4n) is 1.98. The van der Waals surface area contributed by atoms with Crippen LogP contribution in [0.5, 0.6) is 0 Å². The van der Waals surface area contributed by atoms with Crippen LogP contribution < -0.4 is 5.32 Å². The smallest absolute Gasteiger partial charge is 0.0908 e. The van der Waals surface area contributed by atoms with Gasteiger partial charge >= 0.3 is 0 Å². The predicted molar refractivity (Wildman–Crippen MR) is 61.8 cm³/mol. The Balaban J connectivity index is 2.45. The Hall–Kier alpha value is -1.51. The van der Waals surface area contributed by atoms with Crippen LogP contribution in [0.4, 0.5) is 5.69 Å². The molecule has 1 heterocycles. The second kappa shape index (κ2) is 3.93. The molecule has 80 valence electrons. The van der Waals surface area contributed by atoms with Crippen molar-refractivity contribution >= 4 is 11.4 Å². The molecule has 0 aliphatic carbocycles. The van der Waals surface area contributed by atoms with Gasteiger partial charge < -0.3 is 10.5 Å². The molecule has 0 saturated carbocycles. The van der Waals surface area contributed by atoms with E-state index in [4.69, 9.17) is 5.21 Å². The number of rotatable bonds is 1. The molecule has 1 atom stereocenters. The zero-order valence-electron chi connectivity index (χ0n) is 9.12. The summed E-state index contributed by atoms with van der Waals surface area (Å²) in [6.45, 7) is 4.17. The largest absolute Gasteiger partial charge is 0.411 e. The van der Waals surface area contributed by atoms with Crippen molar-refractivity contribution in [2.45, 2.75) is 32.7 Å². The van der Waals surface area contributed by atoms with Crippen molar-refractivity contribution in [2.75, 3.05) is 5.32 Å². The van der Waals surface area contributed by atoms with E-state index in [9.17, 15) is 0 Å². The number of nitrogens with one attached hydrogen (secondary N) is 1. The van der Waals surface area contributed by atoms with Gasteiger partial charge in [0.1, 0.15) is 0 Å². The van der Waals surface area contributed by atoms with E-state index < -0.39 is 0 Å². The van der Waals surface area contributed by atoms with Gasteiger partial charge in [0, 0.05) is 23.7 Å². The van der Waals surface area contributed by atoms with Crippen LogP contribution in [0.25, 0.3) is 0 Å². The summed E-state index contributed by atoms with van der Waals surface area (Å²) in [6.07, 6.45) is 1.83. The molecule has 0 amide bonds. The Morgan fingerprint density at radius 2 is 2.33 bits per heavy atom. The summed E-state index contributed by atoms with van der Waals surface area (Å²) in [5.41, 5.74) is 4.08. The van der Waals surface area contributed by atoms with E-state index >= 15 is 0 Å². The van der Waals surface area contributed by atoms with Crippen LogP contribution >= 0.6 is 0 Å². The molecule has 1 aliphatic heterocycles. The summed E-state index contributed by atoms with van der Waals surface area (Å²) >= 11 is 0. The van der Waals surface area contributed by atoms with Gasteiger partial charge in [0.25, 0.3) is 0 Å². The van der Waals surface area contributed by atoms with Gasteiger partial charge in [-0.05, 0) is 25.5 Å².